The van der Waals surface area contributed by atoms with Crippen molar-refractivity contribution in [3.8, 4) is 0 Å². The number of Topliss-reactive ketones (excluding diaryl/α,β-unsaturated/α-hetero) is 1. The summed E-state index contributed by atoms with van der Waals surface area (Å²) >= 11 is 0. The Morgan fingerprint density at radius 1 is 1.67 bits per heavy atom. The lowest BCUT2D eigenvalue weighted by atomic mass is 9.76. The molecule has 15 heavy (non-hydrogen) atoms. The lowest BCUT2D eigenvalue weighted by Gasteiger charge is -2.38. The molecule has 0 N–H and O–H groups in total. The first-order chi connectivity index (χ1) is 7.23. The van der Waals surface area contributed by atoms with Gasteiger partial charge >= 0.3 is 0 Å². The number of hydrogen-bond acceptors (Lipinski definition) is 3. The van der Waals surface area contributed by atoms with E-state index in [0.29, 0.717) is 12.2 Å². The van der Waals surface area contributed by atoms with Gasteiger partial charge in [-0.05, 0) is 32.3 Å². The monoisotopic (exact) mass is 208 g/mol. The highest BCUT2D eigenvalue weighted by Crippen LogP contribution is 2.37. The van der Waals surface area contributed by atoms with Crippen LogP contribution in [0.25, 0.3) is 0 Å². The van der Waals surface area contributed by atoms with Crippen LogP contribution >= 0.6 is 0 Å². The van der Waals surface area contributed by atoms with Gasteiger partial charge in [-0.1, -0.05) is 0 Å². The molecule has 0 spiro atoms. The third-order valence-corrected chi connectivity index (χ3v) is 3.21. The first-order valence-corrected chi connectivity index (χ1v) is 5.35. The molecule has 0 saturated heterocycles. The Morgan fingerprint density at radius 2 is 2.40 bits per heavy atom. The van der Waals surface area contributed by atoms with Crippen molar-refractivity contribution in [3.05, 3.63) is 18.0 Å². The minimum atomic E-state index is -0.563. The van der Waals surface area contributed by atoms with E-state index in [2.05, 4.69) is 5.10 Å². The number of ketones is 1. The molecular formula is C11H16N2O2. The molecule has 0 aromatic carbocycles. The van der Waals surface area contributed by atoms with E-state index in [-0.39, 0.29) is 5.78 Å². The first kappa shape index (κ1) is 10.4. The summed E-state index contributed by atoms with van der Waals surface area (Å²) in [4.78, 5) is 12.2. The van der Waals surface area contributed by atoms with Crippen molar-refractivity contribution in [1.82, 2.24) is 9.78 Å². The smallest absolute Gasteiger partial charge is 0.212 e. The molecule has 1 aliphatic rings. The number of aromatic nitrogens is 2. The van der Waals surface area contributed by atoms with Crippen molar-refractivity contribution < 1.29 is 9.53 Å². The van der Waals surface area contributed by atoms with Crippen LogP contribution in [0.15, 0.2) is 12.3 Å². The van der Waals surface area contributed by atoms with Crippen LogP contribution in [0.5, 0.6) is 0 Å². The Kier molecular flexibility index (Phi) is 2.61. The minimum absolute atomic E-state index is 0.0793. The molecule has 4 nitrogen and oxygen atoms in total. The fourth-order valence-electron chi connectivity index (χ4n) is 2.03. The van der Waals surface area contributed by atoms with Crippen molar-refractivity contribution in [1.29, 1.82) is 0 Å². The van der Waals surface area contributed by atoms with Crippen LogP contribution < -0.4 is 0 Å². The number of nitrogens with zero attached hydrogens (tertiary/aromatic N) is 2. The largest absolute Gasteiger partial charge is 0.370 e. The summed E-state index contributed by atoms with van der Waals surface area (Å²) in [6.45, 7) is 2.69. The molecule has 1 aromatic heterocycles. The molecule has 0 atom stereocenters. The third-order valence-electron chi connectivity index (χ3n) is 3.21. The molecule has 0 aliphatic heterocycles. The van der Waals surface area contributed by atoms with Crippen LogP contribution in [-0.4, -0.2) is 28.3 Å². The Morgan fingerprint density at radius 3 is 2.87 bits per heavy atom. The molecule has 0 amide bonds. The fraction of sp³-hybridized carbons (Fsp3) is 0.636. The number of methoxy groups -OCH3 is 1. The lowest BCUT2D eigenvalue weighted by Crippen LogP contribution is -2.47. The molecule has 0 unspecified atom stereocenters. The van der Waals surface area contributed by atoms with E-state index in [9.17, 15) is 4.79 Å². The summed E-state index contributed by atoms with van der Waals surface area (Å²) in [5.74, 6) is 0.0793. The van der Waals surface area contributed by atoms with Gasteiger partial charge in [0.2, 0.25) is 5.78 Å². The van der Waals surface area contributed by atoms with Gasteiger partial charge in [0, 0.05) is 19.9 Å². The van der Waals surface area contributed by atoms with Gasteiger partial charge in [0.25, 0.3) is 0 Å². The standard InChI is InChI=1S/C11H16N2O2/c1-3-13-9(5-8-12-13)10(14)11(15-2)6-4-7-11/h5,8H,3-4,6-7H2,1-2H3. The van der Waals surface area contributed by atoms with Crippen molar-refractivity contribution in [2.24, 2.45) is 0 Å². The van der Waals surface area contributed by atoms with Gasteiger partial charge < -0.3 is 4.74 Å². The summed E-state index contributed by atoms with van der Waals surface area (Å²) in [5, 5.41) is 4.10. The van der Waals surface area contributed by atoms with E-state index in [1.165, 1.54) is 0 Å². The van der Waals surface area contributed by atoms with Gasteiger partial charge in [0.1, 0.15) is 11.3 Å². The van der Waals surface area contributed by atoms with E-state index in [0.717, 1.165) is 19.3 Å². The second kappa shape index (κ2) is 3.77. The van der Waals surface area contributed by atoms with Crippen LogP contribution in [0.1, 0.15) is 36.7 Å². The predicted octanol–water partition coefficient (Wildman–Crippen LogP) is 1.65. The van der Waals surface area contributed by atoms with Crippen molar-refractivity contribution in [2.45, 2.75) is 38.3 Å². The van der Waals surface area contributed by atoms with Crippen LogP contribution in [-0.2, 0) is 11.3 Å². The third kappa shape index (κ3) is 1.49. The zero-order valence-electron chi connectivity index (χ0n) is 9.19. The van der Waals surface area contributed by atoms with Gasteiger partial charge in [-0.3, -0.25) is 9.48 Å². The topological polar surface area (TPSA) is 44.1 Å². The fourth-order valence-corrected chi connectivity index (χ4v) is 2.03. The number of ether oxygens (including phenoxy) is 1. The molecule has 1 heterocycles. The summed E-state index contributed by atoms with van der Waals surface area (Å²) < 4.78 is 7.09. The second-order valence-electron chi connectivity index (χ2n) is 3.91. The Balaban J connectivity index is 2.27. The average Bonchev–Trinajstić information content (AvgIpc) is 2.64. The van der Waals surface area contributed by atoms with Crippen LogP contribution in [0.2, 0.25) is 0 Å². The van der Waals surface area contributed by atoms with Crippen molar-refractivity contribution in [2.75, 3.05) is 7.11 Å². The maximum absolute atomic E-state index is 12.2. The average molecular weight is 208 g/mol. The van der Waals surface area contributed by atoms with Crippen LogP contribution in [0.3, 0.4) is 0 Å². The minimum Gasteiger partial charge on any atom is -0.370 e. The van der Waals surface area contributed by atoms with Crippen LogP contribution in [0, 0.1) is 0 Å². The van der Waals surface area contributed by atoms with E-state index in [4.69, 9.17) is 4.74 Å². The second-order valence-corrected chi connectivity index (χ2v) is 3.91. The highest BCUT2D eigenvalue weighted by molar-refractivity contribution is 6.01. The van der Waals surface area contributed by atoms with E-state index in [1.54, 1.807) is 24.1 Å². The SMILES string of the molecule is CCn1nccc1C(=O)C1(OC)CCC1. The molecule has 82 valence electrons. The number of rotatable bonds is 4. The van der Waals surface area contributed by atoms with Gasteiger partial charge in [-0.15, -0.1) is 0 Å². The van der Waals surface area contributed by atoms with Gasteiger partial charge in [-0.25, -0.2) is 0 Å². The zero-order valence-corrected chi connectivity index (χ0v) is 9.19. The Bertz CT molecular complexity index is 361. The summed E-state index contributed by atoms with van der Waals surface area (Å²) in [6, 6.07) is 1.77. The van der Waals surface area contributed by atoms with Gasteiger partial charge in [-0.2, -0.15) is 5.10 Å². The zero-order chi connectivity index (χ0) is 10.9. The van der Waals surface area contributed by atoms with Crippen molar-refractivity contribution >= 4 is 5.78 Å². The first-order valence-electron chi connectivity index (χ1n) is 5.35. The Labute approximate surface area is 89.2 Å². The van der Waals surface area contributed by atoms with E-state index < -0.39 is 5.60 Å². The molecule has 0 radical (unpaired) electrons. The van der Waals surface area contributed by atoms with Crippen molar-refractivity contribution in [3.63, 3.8) is 0 Å². The van der Waals surface area contributed by atoms with Crippen LogP contribution in [0.4, 0.5) is 0 Å². The highest BCUT2D eigenvalue weighted by atomic mass is 16.5. The number of carbonyl (C=O) groups is 1. The molecule has 4 heteroatoms. The number of aryl methyl sites for hydroxylation is 1. The number of carbonyl (C=O) groups excluding carboxylic acids is 1. The quantitative estimate of drug-likeness (QED) is 0.707. The van der Waals surface area contributed by atoms with E-state index >= 15 is 0 Å². The molecule has 1 aliphatic carbocycles. The molecule has 1 saturated carbocycles. The predicted molar refractivity (Wildman–Crippen MR) is 55.8 cm³/mol. The summed E-state index contributed by atoms with van der Waals surface area (Å²) in [6.07, 6.45) is 4.40. The van der Waals surface area contributed by atoms with Gasteiger partial charge in [0.15, 0.2) is 0 Å². The lowest BCUT2D eigenvalue weighted by molar-refractivity contribution is -0.0454. The maximum Gasteiger partial charge on any atom is 0.212 e. The molecule has 0 bridgehead atoms. The Hall–Kier alpha value is -1.16. The summed E-state index contributed by atoms with van der Waals surface area (Å²) in [5.41, 5.74) is 0.103. The molecule has 1 aromatic rings. The molecule has 2 rings (SSSR count). The maximum atomic E-state index is 12.2. The molecule has 1 fully saturated rings. The van der Waals surface area contributed by atoms with E-state index in [1.807, 2.05) is 6.92 Å². The number of hydrogen-bond donors (Lipinski definition) is 0. The highest BCUT2D eigenvalue weighted by Gasteiger charge is 2.45. The summed E-state index contributed by atoms with van der Waals surface area (Å²) in [7, 11) is 1.61. The molecular weight excluding hydrogens is 192 g/mol. The van der Waals surface area contributed by atoms with Gasteiger partial charge in [0.05, 0.1) is 0 Å². The normalized spacial score (nSPS) is 18.5.